The van der Waals surface area contributed by atoms with Crippen molar-refractivity contribution in [3.05, 3.63) is 77.4 Å². The number of rotatable bonds is 16. The number of nitrogens with zero attached hydrogens (tertiary/aromatic N) is 1. The monoisotopic (exact) mass is 631 g/mol. The normalized spacial score (nSPS) is 16.2. The predicted molar refractivity (Wildman–Crippen MR) is 175 cm³/mol. The molecule has 2 aromatic carbocycles. The second-order valence-corrected chi connectivity index (χ2v) is 11.0. The maximum atomic E-state index is 13.3. The maximum Gasteiger partial charge on any atom is 0.407 e. The van der Waals surface area contributed by atoms with Gasteiger partial charge in [0, 0.05) is 37.1 Å². The highest BCUT2D eigenvalue weighted by molar-refractivity contribution is 5.96. The third-order valence-corrected chi connectivity index (χ3v) is 7.56. The minimum atomic E-state index is -0.396. The number of carbonyl (C=O) groups is 3. The van der Waals surface area contributed by atoms with Crippen molar-refractivity contribution < 1.29 is 33.3 Å². The second kappa shape index (κ2) is 20.1. The van der Waals surface area contributed by atoms with Crippen LogP contribution in [0.1, 0.15) is 61.6 Å². The highest BCUT2D eigenvalue weighted by Gasteiger charge is 2.21. The van der Waals surface area contributed by atoms with E-state index in [1.54, 1.807) is 4.90 Å². The van der Waals surface area contributed by atoms with Gasteiger partial charge in [0.2, 0.25) is 11.8 Å². The SMILES string of the molecule is O=C(CCC(=O)N1Cc2ccccc2C#Cc2ccccc21)NCCOCCOCCOCCNC(=O)OC1CC/C=C/CCC1. The van der Waals surface area contributed by atoms with Crippen LogP contribution in [0.4, 0.5) is 10.5 Å². The number of ether oxygens (including phenoxy) is 4. The number of amides is 3. The molecule has 0 saturated heterocycles. The molecular weight excluding hydrogens is 586 g/mol. The number of fused-ring (bicyclic) bond motifs is 2. The lowest BCUT2D eigenvalue weighted by molar-refractivity contribution is -0.125. The van der Waals surface area contributed by atoms with E-state index in [-0.39, 0.29) is 30.8 Å². The Balaban J connectivity index is 0.991. The summed E-state index contributed by atoms with van der Waals surface area (Å²) in [6, 6.07) is 15.4. The van der Waals surface area contributed by atoms with Gasteiger partial charge in [0.25, 0.3) is 0 Å². The molecule has 1 aliphatic carbocycles. The fraction of sp³-hybridized carbons (Fsp3) is 0.472. The van der Waals surface area contributed by atoms with Crippen LogP contribution < -0.4 is 15.5 Å². The van der Waals surface area contributed by atoms with Crippen LogP contribution in [-0.2, 0) is 35.1 Å². The summed E-state index contributed by atoms with van der Waals surface area (Å²) in [5.74, 6) is 6.06. The van der Waals surface area contributed by atoms with Crippen LogP contribution in [0.5, 0.6) is 0 Å². The molecule has 1 atom stereocenters. The summed E-state index contributed by atoms with van der Waals surface area (Å²) in [5.41, 5.74) is 3.41. The lowest BCUT2D eigenvalue weighted by atomic mass is 10.0. The quantitative estimate of drug-likeness (QED) is 0.159. The summed E-state index contributed by atoms with van der Waals surface area (Å²) in [6.45, 7) is 3.45. The Labute approximate surface area is 271 Å². The number of para-hydroxylation sites is 1. The van der Waals surface area contributed by atoms with Crippen LogP contribution in [0.15, 0.2) is 60.7 Å². The Morgan fingerprint density at radius 2 is 1.39 bits per heavy atom. The van der Waals surface area contributed by atoms with Crippen molar-refractivity contribution in [2.24, 2.45) is 0 Å². The molecule has 246 valence electrons. The first-order valence-corrected chi connectivity index (χ1v) is 16.2. The largest absolute Gasteiger partial charge is 0.446 e. The molecule has 0 bridgehead atoms. The molecule has 10 heteroatoms. The Morgan fingerprint density at radius 1 is 0.739 bits per heavy atom. The van der Waals surface area contributed by atoms with Crippen molar-refractivity contribution in [1.29, 1.82) is 0 Å². The van der Waals surface area contributed by atoms with Crippen molar-refractivity contribution in [3.63, 3.8) is 0 Å². The molecule has 1 unspecified atom stereocenters. The summed E-state index contributed by atoms with van der Waals surface area (Å²) in [4.78, 5) is 39.3. The second-order valence-electron chi connectivity index (χ2n) is 11.0. The van der Waals surface area contributed by atoms with E-state index in [1.165, 1.54) is 0 Å². The third-order valence-electron chi connectivity index (χ3n) is 7.56. The zero-order valence-corrected chi connectivity index (χ0v) is 26.5. The van der Waals surface area contributed by atoms with E-state index in [1.807, 2.05) is 48.5 Å². The zero-order valence-electron chi connectivity index (χ0n) is 26.5. The van der Waals surface area contributed by atoms with E-state index in [2.05, 4.69) is 34.6 Å². The fourth-order valence-corrected chi connectivity index (χ4v) is 5.12. The van der Waals surface area contributed by atoms with Crippen LogP contribution in [0.3, 0.4) is 0 Å². The van der Waals surface area contributed by atoms with Crippen molar-refractivity contribution in [1.82, 2.24) is 10.6 Å². The van der Waals surface area contributed by atoms with Crippen molar-refractivity contribution in [3.8, 4) is 11.8 Å². The molecule has 46 heavy (non-hydrogen) atoms. The molecule has 2 N–H and O–H groups in total. The van der Waals surface area contributed by atoms with E-state index in [9.17, 15) is 14.4 Å². The number of benzene rings is 2. The van der Waals surface area contributed by atoms with Crippen LogP contribution >= 0.6 is 0 Å². The highest BCUT2D eigenvalue weighted by atomic mass is 16.6. The van der Waals surface area contributed by atoms with E-state index in [4.69, 9.17) is 18.9 Å². The van der Waals surface area contributed by atoms with Gasteiger partial charge in [-0.3, -0.25) is 9.59 Å². The first-order valence-electron chi connectivity index (χ1n) is 16.2. The van der Waals surface area contributed by atoms with Crippen molar-refractivity contribution >= 4 is 23.6 Å². The van der Waals surface area contributed by atoms with Gasteiger partial charge in [0.15, 0.2) is 0 Å². The van der Waals surface area contributed by atoms with Crippen LogP contribution in [0.2, 0.25) is 0 Å². The number of allylic oxidation sites excluding steroid dienone is 2. The highest BCUT2D eigenvalue weighted by Crippen LogP contribution is 2.26. The summed E-state index contributed by atoms with van der Waals surface area (Å²) in [7, 11) is 0. The average Bonchev–Trinajstić information content (AvgIpc) is 3.04. The zero-order chi connectivity index (χ0) is 32.2. The number of anilines is 1. The molecule has 0 radical (unpaired) electrons. The first-order chi connectivity index (χ1) is 22.6. The van der Waals surface area contributed by atoms with Gasteiger partial charge in [-0.25, -0.2) is 4.79 Å². The lowest BCUT2D eigenvalue weighted by Crippen LogP contribution is -2.34. The molecule has 0 fully saturated rings. The van der Waals surface area contributed by atoms with Gasteiger partial charge in [-0.05, 0) is 55.9 Å². The molecule has 2 aliphatic rings. The Bertz CT molecular complexity index is 1370. The van der Waals surface area contributed by atoms with Crippen molar-refractivity contribution in [2.45, 2.75) is 57.6 Å². The molecule has 4 rings (SSSR count). The number of hydrogen-bond donors (Lipinski definition) is 2. The summed E-state index contributed by atoms with van der Waals surface area (Å²) in [6.07, 6.45) is 8.86. The summed E-state index contributed by atoms with van der Waals surface area (Å²) in [5, 5.41) is 5.53. The minimum Gasteiger partial charge on any atom is -0.446 e. The Morgan fingerprint density at radius 3 is 2.20 bits per heavy atom. The predicted octanol–water partition coefficient (Wildman–Crippen LogP) is 4.49. The van der Waals surface area contributed by atoms with Crippen LogP contribution in [0.25, 0.3) is 0 Å². The molecule has 3 amide bonds. The van der Waals surface area contributed by atoms with Gasteiger partial charge in [-0.2, -0.15) is 0 Å². The number of alkyl carbamates (subject to hydrolysis) is 1. The Kier molecular flexibility index (Phi) is 15.1. The third kappa shape index (κ3) is 12.3. The van der Waals surface area contributed by atoms with Crippen molar-refractivity contribution in [2.75, 3.05) is 57.6 Å². The molecule has 1 heterocycles. The van der Waals surface area contributed by atoms with Gasteiger partial charge >= 0.3 is 6.09 Å². The lowest BCUT2D eigenvalue weighted by Gasteiger charge is -2.26. The molecular formula is C36H45N3O7. The molecule has 2 aromatic rings. The number of hydrogen-bond acceptors (Lipinski definition) is 7. The molecule has 1 aliphatic heterocycles. The summed E-state index contributed by atoms with van der Waals surface area (Å²) >= 11 is 0. The number of carbonyl (C=O) groups excluding carboxylic acids is 3. The molecule has 0 saturated carbocycles. The molecule has 10 nitrogen and oxygen atoms in total. The number of nitrogens with one attached hydrogen (secondary N) is 2. The van der Waals surface area contributed by atoms with E-state index in [0.29, 0.717) is 59.3 Å². The Hall–Kier alpha value is -4.17. The smallest absolute Gasteiger partial charge is 0.407 e. The molecule has 0 spiro atoms. The average molecular weight is 632 g/mol. The standard InChI is InChI=1S/C36H45N3O7/c40-34(18-19-35(41)39-28-31-12-7-6-10-29(31)16-17-30-11-8-9-15-33(30)39)37-20-22-43-24-26-45-27-25-44-23-21-38-36(42)46-32-13-4-2-1-3-5-14-32/h1-2,6-12,15,32H,3-5,13-14,18-28H2,(H,37,40)(H,38,42)/b2-1+. The summed E-state index contributed by atoms with van der Waals surface area (Å²) < 4.78 is 22.0. The van der Waals surface area contributed by atoms with Crippen LogP contribution in [0, 0.1) is 11.8 Å². The maximum absolute atomic E-state index is 13.3. The van der Waals surface area contributed by atoms with E-state index < -0.39 is 6.09 Å². The minimum absolute atomic E-state index is 0.0254. The fourth-order valence-electron chi connectivity index (χ4n) is 5.12. The van der Waals surface area contributed by atoms with Gasteiger partial charge in [0.05, 0.1) is 51.9 Å². The topological polar surface area (TPSA) is 115 Å². The van der Waals surface area contributed by atoms with Crippen LogP contribution in [-0.4, -0.2) is 76.7 Å². The van der Waals surface area contributed by atoms with E-state index >= 15 is 0 Å². The van der Waals surface area contributed by atoms with Gasteiger partial charge in [-0.1, -0.05) is 54.3 Å². The van der Waals surface area contributed by atoms with E-state index in [0.717, 1.165) is 54.5 Å². The first kappa shape index (κ1) is 34.7. The van der Waals surface area contributed by atoms with Gasteiger partial charge in [-0.15, -0.1) is 0 Å². The van der Waals surface area contributed by atoms with Gasteiger partial charge in [0.1, 0.15) is 6.10 Å². The molecule has 0 aromatic heterocycles. The van der Waals surface area contributed by atoms with Gasteiger partial charge < -0.3 is 34.5 Å².